The van der Waals surface area contributed by atoms with E-state index in [0.717, 1.165) is 29.5 Å². The van der Waals surface area contributed by atoms with E-state index in [-0.39, 0.29) is 5.63 Å². The average Bonchev–Trinajstić information content (AvgIpc) is 2.48. The summed E-state index contributed by atoms with van der Waals surface area (Å²) in [5.41, 5.74) is 2.83. The fourth-order valence-electron chi connectivity index (χ4n) is 3.12. The number of quaternary nitrogens is 2. The van der Waals surface area contributed by atoms with Gasteiger partial charge in [-0.05, 0) is 18.1 Å². The van der Waals surface area contributed by atoms with Gasteiger partial charge in [-0.2, -0.15) is 0 Å². The largest absolute Gasteiger partial charge is 0.423 e. The van der Waals surface area contributed by atoms with Gasteiger partial charge in [-0.15, -0.1) is 0 Å². The number of likely N-dealkylation sites (N-methyl/N-ethyl adjacent to an activating group) is 1. The summed E-state index contributed by atoms with van der Waals surface area (Å²) in [6.45, 7) is 7.77. The SMILES string of the molecule is CCc1ccc2c(C[NH+]3CC[NH+](C)CC3)cc(=O)oc2c1. The van der Waals surface area contributed by atoms with Gasteiger partial charge in [0.2, 0.25) is 0 Å². The minimum absolute atomic E-state index is 0.232. The summed E-state index contributed by atoms with van der Waals surface area (Å²) in [5.74, 6) is 0. The molecule has 0 atom stereocenters. The van der Waals surface area contributed by atoms with E-state index >= 15 is 0 Å². The van der Waals surface area contributed by atoms with Crippen molar-refractivity contribution in [3.05, 3.63) is 45.8 Å². The Morgan fingerprint density at radius 1 is 1.14 bits per heavy atom. The van der Waals surface area contributed by atoms with Crippen molar-refractivity contribution in [2.45, 2.75) is 19.9 Å². The van der Waals surface area contributed by atoms with Gasteiger partial charge in [-0.1, -0.05) is 19.1 Å². The molecule has 1 saturated heterocycles. The lowest BCUT2D eigenvalue weighted by molar-refractivity contribution is -1.01. The molecule has 1 fully saturated rings. The number of benzene rings is 1. The molecule has 2 heterocycles. The van der Waals surface area contributed by atoms with E-state index in [2.05, 4.69) is 26.1 Å². The molecule has 1 aliphatic rings. The van der Waals surface area contributed by atoms with Crippen molar-refractivity contribution in [3.63, 3.8) is 0 Å². The molecule has 0 aliphatic carbocycles. The van der Waals surface area contributed by atoms with Gasteiger partial charge in [0.15, 0.2) is 0 Å². The Labute approximate surface area is 125 Å². The number of aryl methyl sites for hydroxylation is 1. The van der Waals surface area contributed by atoms with E-state index in [4.69, 9.17) is 4.42 Å². The second kappa shape index (κ2) is 6.00. The number of hydrogen-bond donors (Lipinski definition) is 2. The highest BCUT2D eigenvalue weighted by atomic mass is 16.4. The Hall–Kier alpha value is -1.65. The van der Waals surface area contributed by atoms with E-state index in [0.29, 0.717) is 0 Å². The van der Waals surface area contributed by atoms with Crippen LogP contribution < -0.4 is 15.4 Å². The lowest BCUT2D eigenvalue weighted by Crippen LogP contribution is -3.26. The molecule has 0 amide bonds. The van der Waals surface area contributed by atoms with Crippen LogP contribution in [-0.4, -0.2) is 33.2 Å². The summed E-state index contributed by atoms with van der Waals surface area (Å²) in [4.78, 5) is 15.0. The second-order valence-electron chi connectivity index (χ2n) is 6.16. The maximum Gasteiger partial charge on any atom is 0.336 e. The van der Waals surface area contributed by atoms with Gasteiger partial charge in [0.25, 0.3) is 0 Å². The third kappa shape index (κ3) is 3.17. The standard InChI is InChI=1S/C17H22N2O2/c1-3-13-4-5-15-14(11-17(20)21-16(15)10-13)12-19-8-6-18(2)7-9-19/h4-5,10-11H,3,6-9,12H2,1-2H3/p+2. The normalized spacial score (nSPS) is 22.6. The molecular weight excluding hydrogens is 264 g/mol. The molecule has 4 nitrogen and oxygen atoms in total. The van der Waals surface area contributed by atoms with Gasteiger partial charge in [-0.25, -0.2) is 4.79 Å². The fourth-order valence-corrected chi connectivity index (χ4v) is 3.12. The van der Waals surface area contributed by atoms with Crippen LogP contribution in [0.5, 0.6) is 0 Å². The van der Waals surface area contributed by atoms with Gasteiger partial charge in [0, 0.05) is 17.0 Å². The zero-order chi connectivity index (χ0) is 14.8. The van der Waals surface area contributed by atoms with Gasteiger partial charge >= 0.3 is 5.63 Å². The highest BCUT2D eigenvalue weighted by molar-refractivity contribution is 5.80. The Bertz CT molecular complexity index is 685. The van der Waals surface area contributed by atoms with Crippen LogP contribution >= 0.6 is 0 Å². The van der Waals surface area contributed by atoms with Crippen LogP contribution in [0.4, 0.5) is 0 Å². The first-order valence-corrected chi connectivity index (χ1v) is 7.86. The van der Waals surface area contributed by atoms with Crippen LogP contribution in [0.1, 0.15) is 18.1 Å². The Balaban J connectivity index is 1.92. The van der Waals surface area contributed by atoms with Crippen molar-refractivity contribution in [1.29, 1.82) is 0 Å². The average molecular weight is 288 g/mol. The lowest BCUT2D eigenvalue weighted by atomic mass is 10.1. The summed E-state index contributed by atoms with van der Waals surface area (Å²) in [7, 11) is 2.25. The van der Waals surface area contributed by atoms with Crippen LogP contribution in [0, 0.1) is 0 Å². The molecular formula is C17H24N2O2+2. The van der Waals surface area contributed by atoms with Crippen LogP contribution in [0.15, 0.2) is 33.5 Å². The summed E-state index contributed by atoms with van der Waals surface area (Å²) in [6, 6.07) is 7.91. The van der Waals surface area contributed by atoms with Crippen LogP contribution in [-0.2, 0) is 13.0 Å². The predicted octanol–water partition coefficient (Wildman–Crippen LogP) is -0.731. The van der Waals surface area contributed by atoms with E-state index < -0.39 is 0 Å². The smallest absolute Gasteiger partial charge is 0.336 e. The molecule has 3 rings (SSSR count). The van der Waals surface area contributed by atoms with E-state index in [1.165, 1.54) is 31.7 Å². The van der Waals surface area contributed by atoms with Crippen molar-refractivity contribution in [2.75, 3.05) is 33.2 Å². The molecule has 0 spiro atoms. The molecule has 2 aromatic rings. The van der Waals surface area contributed by atoms with Gasteiger partial charge in [-0.3, -0.25) is 0 Å². The van der Waals surface area contributed by atoms with Crippen molar-refractivity contribution in [3.8, 4) is 0 Å². The van der Waals surface area contributed by atoms with Gasteiger partial charge < -0.3 is 14.2 Å². The zero-order valence-electron chi connectivity index (χ0n) is 12.9. The Kier molecular flexibility index (Phi) is 4.08. The molecule has 0 unspecified atom stereocenters. The summed E-state index contributed by atoms with van der Waals surface area (Å²) < 4.78 is 5.38. The molecule has 1 aliphatic heterocycles. The molecule has 21 heavy (non-hydrogen) atoms. The lowest BCUT2D eigenvalue weighted by Gasteiger charge is -2.27. The first-order valence-electron chi connectivity index (χ1n) is 7.86. The van der Waals surface area contributed by atoms with E-state index in [1.807, 2.05) is 6.07 Å². The molecule has 1 aromatic heterocycles. The number of nitrogens with one attached hydrogen (secondary N) is 2. The molecule has 4 heteroatoms. The van der Waals surface area contributed by atoms with Crippen LogP contribution in [0.3, 0.4) is 0 Å². The topological polar surface area (TPSA) is 39.1 Å². The molecule has 0 bridgehead atoms. The third-order valence-corrected chi connectivity index (χ3v) is 4.55. The van der Waals surface area contributed by atoms with Gasteiger partial charge in [0.1, 0.15) is 38.3 Å². The quantitative estimate of drug-likeness (QED) is 0.731. The Morgan fingerprint density at radius 2 is 1.90 bits per heavy atom. The summed E-state index contributed by atoms with van der Waals surface area (Å²) in [5, 5.41) is 1.09. The summed E-state index contributed by atoms with van der Waals surface area (Å²) in [6.07, 6.45) is 0.955. The Morgan fingerprint density at radius 3 is 2.62 bits per heavy atom. The minimum Gasteiger partial charge on any atom is -0.423 e. The van der Waals surface area contributed by atoms with Crippen molar-refractivity contribution >= 4 is 11.0 Å². The minimum atomic E-state index is -0.232. The first-order chi connectivity index (χ1) is 10.2. The number of piperazine rings is 1. The van der Waals surface area contributed by atoms with Gasteiger partial charge in [0.05, 0.1) is 7.05 Å². The highest BCUT2D eigenvalue weighted by Crippen LogP contribution is 2.18. The van der Waals surface area contributed by atoms with Crippen LogP contribution in [0.2, 0.25) is 0 Å². The zero-order valence-corrected chi connectivity index (χ0v) is 12.9. The maximum atomic E-state index is 11.8. The molecule has 0 saturated carbocycles. The predicted molar refractivity (Wildman–Crippen MR) is 82.9 cm³/mol. The number of hydrogen-bond acceptors (Lipinski definition) is 2. The molecule has 0 radical (unpaired) electrons. The molecule has 1 aromatic carbocycles. The molecule has 2 N–H and O–H groups in total. The highest BCUT2D eigenvalue weighted by Gasteiger charge is 2.21. The van der Waals surface area contributed by atoms with Crippen molar-refractivity contribution < 1.29 is 14.2 Å². The molecule has 112 valence electrons. The second-order valence-corrected chi connectivity index (χ2v) is 6.16. The fraction of sp³-hybridized carbons (Fsp3) is 0.471. The van der Waals surface area contributed by atoms with E-state index in [1.54, 1.807) is 15.9 Å². The third-order valence-electron chi connectivity index (χ3n) is 4.55. The van der Waals surface area contributed by atoms with Crippen molar-refractivity contribution in [1.82, 2.24) is 0 Å². The van der Waals surface area contributed by atoms with Crippen LogP contribution in [0.25, 0.3) is 11.0 Å². The first kappa shape index (κ1) is 14.3. The monoisotopic (exact) mass is 288 g/mol. The number of fused-ring (bicyclic) bond motifs is 1. The summed E-state index contributed by atoms with van der Waals surface area (Å²) >= 11 is 0. The maximum absolute atomic E-state index is 11.8. The number of rotatable bonds is 3. The van der Waals surface area contributed by atoms with Crippen molar-refractivity contribution in [2.24, 2.45) is 0 Å². The van der Waals surface area contributed by atoms with E-state index in [9.17, 15) is 4.79 Å².